The van der Waals surface area contributed by atoms with Crippen molar-refractivity contribution in [2.24, 2.45) is 50.7 Å². The molecule has 5 nitrogen and oxygen atoms in total. The van der Waals surface area contributed by atoms with Crippen molar-refractivity contribution in [3.05, 3.63) is 11.1 Å². The largest absolute Gasteiger partial charge is 0.468 e. The summed E-state index contributed by atoms with van der Waals surface area (Å²) in [4.78, 5) is 38.8. The van der Waals surface area contributed by atoms with E-state index < -0.39 is 5.41 Å². The Morgan fingerprint density at radius 3 is 2.16 bits per heavy atom. The van der Waals surface area contributed by atoms with Gasteiger partial charge in [-0.3, -0.25) is 14.4 Å². The highest BCUT2D eigenvalue weighted by molar-refractivity contribution is 6.05. The van der Waals surface area contributed by atoms with Gasteiger partial charge in [0.1, 0.15) is 6.10 Å². The van der Waals surface area contributed by atoms with Crippen molar-refractivity contribution in [2.75, 3.05) is 7.11 Å². The molecule has 0 N–H and O–H groups in total. The number of Topliss-reactive ketones (excluding diaryl/α,β-unsaturated/α-hetero) is 1. The van der Waals surface area contributed by atoms with E-state index in [0.29, 0.717) is 24.7 Å². The molecule has 8 atom stereocenters. The minimum Gasteiger partial charge on any atom is -0.468 e. The molecule has 0 aromatic carbocycles. The predicted octanol–water partition coefficient (Wildman–Crippen LogP) is 7.07. The van der Waals surface area contributed by atoms with Gasteiger partial charge in [0.2, 0.25) is 0 Å². The van der Waals surface area contributed by atoms with Crippen LogP contribution < -0.4 is 0 Å². The molecule has 212 valence electrons. The fourth-order valence-corrected chi connectivity index (χ4v) is 11.4. The number of carbonyl (C=O) groups is 3. The van der Waals surface area contributed by atoms with Gasteiger partial charge in [0.25, 0.3) is 0 Å². The Balaban J connectivity index is 1.57. The number of allylic oxidation sites excluding steroid dienone is 1. The van der Waals surface area contributed by atoms with E-state index in [0.717, 1.165) is 56.1 Å². The number of methoxy groups -OCH3 is 1. The first-order valence-corrected chi connectivity index (χ1v) is 15.1. The van der Waals surface area contributed by atoms with E-state index in [-0.39, 0.29) is 57.3 Å². The third-order valence-electron chi connectivity index (χ3n) is 13.3. The van der Waals surface area contributed by atoms with E-state index in [9.17, 15) is 14.4 Å². The molecule has 5 heteroatoms. The van der Waals surface area contributed by atoms with Gasteiger partial charge in [0.05, 0.1) is 12.5 Å². The van der Waals surface area contributed by atoms with Crippen LogP contribution in [0.15, 0.2) is 11.1 Å². The quantitative estimate of drug-likeness (QED) is 0.368. The van der Waals surface area contributed by atoms with E-state index in [4.69, 9.17) is 9.47 Å². The second-order valence-corrected chi connectivity index (χ2v) is 15.2. The molecule has 0 unspecified atom stereocenters. The Hall–Kier alpha value is -1.65. The Labute approximate surface area is 229 Å². The summed E-state index contributed by atoms with van der Waals surface area (Å²) in [5.41, 5.74) is 1.59. The minimum absolute atomic E-state index is 0.0204. The predicted molar refractivity (Wildman–Crippen MR) is 147 cm³/mol. The number of ketones is 1. The summed E-state index contributed by atoms with van der Waals surface area (Å²) in [5, 5.41) is 0. The molecule has 0 aliphatic heterocycles. The molecule has 0 aromatic heterocycles. The third kappa shape index (κ3) is 3.38. The Morgan fingerprint density at radius 1 is 0.868 bits per heavy atom. The van der Waals surface area contributed by atoms with Crippen molar-refractivity contribution in [3.8, 4) is 0 Å². The first-order chi connectivity index (χ1) is 17.6. The van der Waals surface area contributed by atoms with Crippen LogP contribution in [0.5, 0.6) is 0 Å². The van der Waals surface area contributed by atoms with Gasteiger partial charge >= 0.3 is 11.9 Å². The molecule has 4 fully saturated rings. The van der Waals surface area contributed by atoms with Gasteiger partial charge in [0, 0.05) is 18.8 Å². The topological polar surface area (TPSA) is 69.7 Å². The van der Waals surface area contributed by atoms with E-state index in [2.05, 4.69) is 48.5 Å². The monoisotopic (exact) mass is 526 g/mol. The smallest absolute Gasteiger partial charge is 0.316 e. The Kier molecular flexibility index (Phi) is 6.37. The first-order valence-electron chi connectivity index (χ1n) is 15.1. The second-order valence-electron chi connectivity index (χ2n) is 15.2. The van der Waals surface area contributed by atoms with Gasteiger partial charge in [-0.15, -0.1) is 0 Å². The molecule has 4 saturated carbocycles. The Morgan fingerprint density at radius 2 is 1.55 bits per heavy atom. The third-order valence-corrected chi connectivity index (χ3v) is 13.3. The lowest BCUT2D eigenvalue weighted by atomic mass is 9.33. The molecule has 0 bridgehead atoms. The number of carbonyl (C=O) groups excluding carboxylic acids is 3. The van der Waals surface area contributed by atoms with Gasteiger partial charge in [-0.25, -0.2) is 0 Å². The van der Waals surface area contributed by atoms with Crippen molar-refractivity contribution in [1.29, 1.82) is 0 Å². The van der Waals surface area contributed by atoms with Crippen molar-refractivity contribution in [1.82, 2.24) is 0 Å². The van der Waals surface area contributed by atoms with Crippen LogP contribution in [0.4, 0.5) is 0 Å². The standard InChI is InChI=1S/C33H50O5/c1-19(2)26-22(35)18-33(28(36)37-9)17-16-31(7)21(27(26)33)10-11-24-30(6)14-13-25(38-20(3)34)29(4,5)23(30)12-15-32(24,31)8/h19,21,23-25H,10-18H2,1-9H3/t21-,23+,24-,25+,30+,31-,32-,33-/m1/s1. The average molecular weight is 527 g/mol. The summed E-state index contributed by atoms with van der Waals surface area (Å²) in [6.07, 6.45) is 8.39. The van der Waals surface area contributed by atoms with Gasteiger partial charge in [0.15, 0.2) is 5.78 Å². The summed E-state index contributed by atoms with van der Waals surface area (Å²) in [7, 11) is 1.48. The maximum Gasteiger partial charge on any atom is 0.316 e. The fraction of sp³-hybridized carbons (Fsp3) is 0.848. The summed E-state index contributed by atoms with van der Waals surface area (Å²) >= 11 is 0. The molecule has 38 heavy (non-hydrogen) atoms. The van der Waals surface area contributed by atoms with Crippen molar-refractivity contribution in [3.63, 3.8) is 0 Å². The van der Waals surface area contributed by atoms with Gasteiger partial charge in [-0.1, -0.05) is 48.5 Å². The normalized spacial score (nSPS) is 45.6. The first kappa shape index (κ1) is 27.9. The van der Waals surface area contributed by atoms with Gasteiger partial charge < -0.3 is 9.47 Å². The van der Waals surface area contributed by atoms with E-state index in [1.165, 1.54) is 14.0 Å². The maximum absolute atomic E-state index is 13.5. The van der Waals surface area contributed by atoms with Crippen LogP contribution in [0.25, 0.3) is 0 Å². The maximum atomic E-state index is 13.5. The summed E-state index contributed by atoms with van der Waals surface area (Å²) < 4.78 is 11.3. The molecule has 0 aromatic rings. The van der Waals surface area contributed by atoms with Crippen LogP contribution in [-0.4, -0.2) is 30.9 Å². The Bertz CT molecular complexity index is 1080. The van der Waals surface area contributed by atoms with Crippen molar-refractivity contribution in [2.45, 2.75) is 119 Å². The molecule has 0 saturated heterocycles. The lowest BCUT2D eigenvalue weighted by Gasteiger charge is -2.72. The molecular weight excluding hydrogens is 476 g/mol. The summed E-state index contributed by atoms with van der Waals surface area (Å²) in [6, 6.07) is 0. The van der Waals surface area contributed by atoms with Crippen LogP contribution in [-0.2, 0) is 23.9 Å². The number of fused-ring (bicyclic) bond motifs is 7. The molecule has 5 aliphatic carbocycles. The number of esters is 2. The second kappa shape index (κ2) is 8.67. The molecule has 0 heterocycles. The van der Waals surface area contributed by atoms with Crippen molar-refractivity contribution >= 4 is 17.7 Å². The van der Waals surface area contributed by atoms with E-state index >= 15 is 0 Å². The summed E-state index contributed by atoms with van der Waals surface area (Å²) in [5.74, 6) is 1.22. The van der Waals surface area contributed by atoms with E-state index in [1.807, 2.05) is 0 Å². The van der Waals surface area contributed by atoms with Crippen LogP contribution in [0.1, 0.15) is 113 Å². The number of hydrogen-bond donors (Lipinski definition) is 0. The molecule has 5 rings (SSSR count). The van der Waals surface area contributed by atoms with Gasteiger partial charge in [-0.05, 0) is 102 Å². The number of hydrogen-bond acceptors (Lipinski definition) is 5. The zero-order valence-electron chi connectivity index (χ0n) is 25.3. The van der Waals surface area contributed by atoms with Crippen molar-refractivity contribution < 1.29 is 23.9 Å². The van der Waals surface area contributed by atoms with Crippen LogP contribution in [0.3, 0.4) is 0 Å². The summed E-state index contributed by atoms with van der Waals surface area (Å²) in [6.45, 7) is 18.0. The number of rotatable bonds is 3. The van der Waals surface area contributed by atoms with Crippen LogP contribution >= 0.6 is 0 Å². The molecule has 5 aliphatic rings. The SMILES string of the molecule is COC(=O)[C@@]12CC[C@]3(C)[C@H](CC[C@@H]4[C@@]5(C)CC[C@H](OC(C)=O)C(C)(C)[C@@H]5CC[C@]43C)C1=C(C(C)C)C(=O)C2. The van der Waals surface area contributed by atoms with Crippen LogP contribution in [0, 0.1) is 50.7 Å². The average Bonchev–Trinajstić information content (AvgIpc) is 3.14. The van der Waals surface area contributed by atoms with E-state index in [1.54, 1.807) is 0 Å². The molecule has 0 radical (unpaired) electrons. The molecular formula is C33H50O5. The fourth-order valence-electron chi connectivity index (χ4n) is 11.4. The lowest BCUT2D eigenvalue weighted by molar-refractivity contribution is -0.233. The minimum atomic E-state index is -0.760. The lowest BCUT2D eigenvalue weighted by Crippen LogP contribution is -2.66. The zero-order chi connectivity index (χ0) is 28.1. The highest BCUT2D eigenvalue weighted by atomic mass is 16.5. The van der Waals surface area contributed by atoms with Crippen LogP contribution in [0.2, 0.25) is 0 Å². The highest BCUT2D eigenvalue weighted by Crippen LogP contribution is 2.76. The molecule has 0 amide bonds. The molecule has 0 spiro atoms. The zero-order valence-corrected chi connectivity index (χ0v) is 25.3. The number of ether oxygens (including phenoxy) is 2. The van der Waals surface area contributed by atoms with Gasteiger partial charge in [-0.2, -0.15) is 0 Å². The highest BCUT2D eigenvalue weighted by Gasteiger charge is 2.71.